The van der Waals surface area contributed by atoms with Gasteiger partial charge in [-0.25, -0.2) is 13.2 Å². The lowest BCUT2D eigenvalue weighted by atomic mass is 10.4. The second-order valence-corrected chi connectivity index (χ2v) is 6.94. The Morgan fingerprint density at radius 1 is 1.33 bits per heavy atom. The molecule has 1 N–H and O–H groups in total. The van der Waals surface area contributed by atoms with E-state index in [4.69, 9.17) is 5.11 Å². The Morgan fingerprint density at radius 2 is 1.89 bits per heavy atom. The zero-order valence-corrected chi connectivity index (χ0v) is 12.1. The van der Waals surface area contributed by atoms with Crippen molar-refractivity contribution in [2.75, 3.05) is 13.1 Å². The molecule has 18 heavy (non-hydrogen) atoms. The number of rotatable bonds is 7. The van der Waals surface area contributed by atoms with Crippen molar-refractivity contribution < 1.29 is 18.3 Å². The Kier molecular flexibility index (Phi) is 5.30. The van der Waals surface area contributed by atoms with Gasteiger partial charge in [-0.3, -0.25) is 0 Å². The standard InChI is InChI=1S/C11H17NO4S2/c1-3-5-12(6-4-2)18(15,16)10-7-9(8-17-10)11(13)14/h7-8H,3-6H2,1-2H3,(H,13,14). The maximum atomic E-state index is 12.3. The predicted octanol–water partition coefficient (Wildman–Crippen LogP) is 2.26. The smallest absolute Gasteiger partial charge is 0.336 e. The summed E-state index contributed by atoms with van der Waals surface area (Å²) in [7, 11) is -3.55. The third-order valence-corrected chi connectivity index (χ3v) is 5.68. The molecule has 0 aliphatic heterocycles. The SMILES string of the molecule is CCCN(CCC)S(=O)(=O)c1cc(C(=O)O)cs1. The minimum Gasteiger partial charge on any atom is -0.478 e. The molecule has 0 atom stereocenters. The van der Waals surface area contributed by atoms with Crippen LogP contribution in [0.1, 0.15) is 37.0 Å². The zero-order chi connectivity index (χ0) is 13.8. The van der Waals surface area contributed by atoms with Crippen molar-refractivity contribution >= 4 is 27.3 Å². The zero-order valence-electron chi connectivity index (χ0n) is 10.4. The molecule has 102 valence electrons. The summed E-state index contributed by atoms with van der Waals surface area (Å²) in [5, 5.41) is 10.2. The number of hydrogen-bond acceptors (Lipinski definition) is 4. The van der Waals surface area contributed by atoms with Crippen LogP contribution >= 0.6 is 11.3 Å². The van der Waals surface area contributed by atoms with Gasteiger partial charge < -0.3 is 5.11 Å². The fraction of sp³-hybridized carbons (Fsp3) is 0.545. The highest BCUT2D eigenvalue weighted by atomic mass is 32.2. The first-order chi connectivity index (χ1) is 8.43. The van der Waals surface area contributed by atoms with Crippen molar-refractivity contribution in [1.29, 1.82) is 0 Å². The number of hydrogen-bond donors (Lipinski definition) is 1. The van der Waals surface area contributed by atoms with Gasteiger partial charge in [0.1, 0.15) is 4.21 Å². The number of thiophene rings is 1. The Labute approximate surface area is 111 Å². The molecule has 1 aromatic rings. The Hall–Kier alpha value is -0.920. The monoisotopic (exact) mass is 291 g/mol. The molecule has 0 aliphatic rings. The van der Waals surface area contributed by atoms with Crippen LogP contribution in [0.15, 0.2) is 15.7 Å². The van der Waals surface area contributed by atoms with Gasteiger partial charge in [0.05, 0.1) is 5.56 Å². The molecule has 1 heterocycles. The minimum atomic E-state index is -3.55. The van der Waals surface area contributed by atoms with Gasteiger partial charge in [-0.15, -0.1) is 11.3 Å². The first-order valence-corrected chi connectivity index (χ1v) is 8.07. The summed E-state index contributed by atoms with van der Waals surface area (Å²) in [5.41, 5.74) is 0.0199. The fourth-order valence-electron chi connectivity index (χ4n) is 1.54. The molecule has 1 rings (SSSR count). The summed E-state index contributed by atoms with van der Waals surface area (Å²) >= 11 is 0.954. The average Bonchev–Trinajstić information content (AvgIpc) is 2.78. The third-order valence-electron chi connectivity index (χ3n) is 2.36. The molecule has 0 amide bonds. The van der Waals surface area contributed by atoms with Crippen LogP contribution in [0.25, 0.3) is 0 Å². The Morgan fingerprint density at radius 3 is 2.28 bits per heavy atom. The summed E-state index contributed by atoms with van der Waals surface area (Å²) < 4.78 is 26.1. The topological polar surface area (TPSA) is 74.7 Å². The van der Waals surface area contributed by atoms with Crippen LogP contribution in [0, 0.1) is 0 Å². The molecular weight excluding hydrogens is 274 g/mol. The molecule has 0 bridgehead atoms. The van der Waals surface area contributed by atoms with Crippen LogP contribution < -0.4 is 0 Å². The molecular formula is C11H17NO4S2. The van der Waals surface area contributed by atoms with Crippen LogP contribution in [-0.2, 0) is 10.0 Å². The van der Waals surface area contributed by atoms with Gasteiger partial charge in [-0.2, -0.15) is 4.31 Å². The second-order valence-electron chi connectivity index (χ2n) is 3.86. The number of sulfonamides is 1. The fourth-order valence-corrected chi connectivity index (χ4v) is 4.47. The first kappa shape index (κ1) is 15.1. The van der Waals surface area contributed by atoms with E-state index in [0.717, 1.165) is 24.2 Å². The summed E-state index contributed by atoms with van der Waals surface area (Å²) in [6.45, 7) is 4.73. The number of aromatic carboxylic acids is 1. The summed E-state index contributed by atoms with van der Waals surface area (Å²) in [6, 6.07) is 1.22. The summed E-state index contributed by atoms with van der Waals surface area (Å²) in [4.78, 5) is 10.8. The molecule has 1 aromatic heterocycles. The van der Waals surface area contributed by atoms with Crippen LogP contribution in [0.4, 0.5) is 0 Å². The number of nitrogens with zero attached hydrogens (tertiary/aromatic N) is 1. The van der Waals surface area contributed by atoms with Crippen LogP contribution in [0.3, 0.4) is 0 Å². The number of carboxylic acid groups (broad SMARTS) is 1. The predicted molar refractivity (Wildman–Crippen MR) is 70.6 cm³/mol. The average molecular weight is 291 g/mol. The van der Waals surface area contributed by atoms with Gasteiger partial charge >= 0.3 is 5.97 Å². The van der Waals surface area contributed by atoms with Gasteiger partial charge in [0.15, 0.2) is 0 Å². The van der Waals surface area contributed by atoms with Crippen LogP contribution in [-0.4, -0.2) is 36.9 Å². The highest BCUT2D eigenvalue weighted by molar-refractivity contribution is 7.91. The van der Waals surface area contributed by atoms with Crippen LogP contribution in [0.5, 0.6) is 0 Å². The highest BCUT2D eigenvalue weighted by Crippen LogP contribution is 2.24. The number of carboxylic acids is 1. The van der Waals surface area contributed by atoms with Crippen molar-refractivity contribution in [2.45, 2.75) is 30.9 Å². The van der Waals surface area contributed by atoms with Crippen LogP contribution in [0.2, 0.25) is 0 Å². The molecule has 0 unspecified atom stereocenters. The van der Waals surface area contributed by atoms with Crippen molar-refractivity contribution in [2.24, 2.45) is 0 Å². The lowest BCUT2D eigenvalue weighted by Crippen LogP contribution is -2.32. The van der Waals surface area contributed by atoms with Crippen molar-refractivity contribution in [1.82, 2.24) is 4.31 Å². The largest absolute Gasteiger partial charge is 0.478 e. The van der Waals surface area contributed by atoms with Gasteiger partial charge in [-0.1, -0.05) is 13.8 Å². The number of carbonyl (C=O) groups is 1. The van der Waals surface area contributed by atoms with E-state index in [0.29, 0.717) is 13.1 Å². The molecule has 0 saturated heterocycles. The maximum absolute atomic E-state index is 12.3. The first-order valence-electron chi connectivity index (χ1n) is 5.75. The van der Waals surface area contributed by atoms with Crippen molar-refractivity contribution in [3.63, 3.8) is 0 Å². The molecule has 0 fully saturated rings. The van der Waals surface area contributed by atoms with E-state index in [1.807, 2.05) is 13.8 Å². The Balaban J connectivity index is 3.05. The normalized spacial score (nSPS) is 11.9. The summed E-state index contributed by atoms with van der Waals surface area (Å²) in [6.07, 6.45) is 1.47. The van der Waals surface area contributed by atoms with E-state index in [1.54, 1.807) is 0 Å². The third kappa shape index (κ3) is 3.30. The molecule has 5 nitrogen and oxygen atoms in total. The van der Waals surface area contributed by atoms with E-state index in [1.165, 1.54) is 15.8 Å². The van der Waals surface area contributed by atoms with E-state index in [9.17, 15) is 13.2 Å². The lowest BCUT2D eigenvalue weighted by molar-refractivity contribution is 0.0697. The lowest BCUT2D eigenvalue weighted by Gasteiger charge is -2.19. The Bertz CT molecular complexity index is 501. The van der Waals surface area contributed by atoms with Crippen molar-refractivity contribution in [3.8, 4) is 0 Å². The van der Waals surface area contributed by atoms with Gasteiger partial charge in [0, 0.05) is 18.5 Å². The highest BCUT2D eigenvalue weighted by Gasteiger charge is 2.25. The van der Waals surface area contributed by atoms with E-state index >= 15 is 0 Å². The summed E-state index contributed by atoms with van der Waals surface area (Å²) in [5.74, 6) is -1.11. The molecule has 0 spiro atoms. The minimum absolute atomic E-state index is 0.0199. The molecule has 0 aromatic carbocycles. The van der Waals surface area contributed by atoms with E-state index in [2.05, 4.69) is 0 Å². The molecule has 0 saturated carbocycles. The molecule has 0 radical (unpaired) electrons. The molecule has 7 heteroatoms. The molecule has 0 aliphatic carbocycles. The van der Waals surface area contributed by atoms with E-state index < -0.39 is 16.0 Å². The van der Waals surface area contributed by atoms with Gasteiger partial charge in [0.25, 0.3) is 10.0 Å². The van der Waals surface area contributed by atoms with E-state index in [-0.39, 0.29) is 9.77 Å². The quantitative estimate of drug-likeness (QED) is 0.836. The maximum Gasteiger partial charge on any atom is 0.336 e. The van der Waals surface area contributed by atoms with Gasteiger partial charge in [0.2, 0.25) is 0 Å². The van der Waals surface area contributed by atoms with Crippen molar-refractivity contribution in [3.05, 3.63) is 17.0 Å². The van der Waals surface area contributed by atoms with Gasteiger partial charge in [-0.05, 0) is 18.9 Å². The second kappa shape index (κ2) is 6.31.